The largest absolute Gasteiger partial charge is 0.465 e. The molecule has 0 aromatic carbocycles. The molecule has 0 amide bonds. The van der Waals surface area contributed by atoms with Crippen molar-refractivity contribution in [1.29, 1.82) is 0 Å². The molecular formula is C22H31FN9O6P. The van der Waals surface area contributed by atoms with Gasteiger partial charge in [-0.05, 0) is 32.4 Å². The molecule has 0 bridgehead atoms. The smallest absolute Gasteiger partial charge is 0.341 e. The number of hydrogen-bond acceptors (Lipinski definition) is 12. The summed E-state index contributed by atoms with van der Waals surface area (Å²) in [5, 5.41) is 16.2. The second-order valence-corrected chi connectivity index (χ2v) is 11.0. The van der Waals surface area contributed by atoms with E-state index in [1.54, 1.807) is 31.5 Å². The number of nitrogens with two attached hydrogens (primary N) is 2. The highest BCUT2D eigenvalue weighted by molar-refractivity contribution is 7.54. The van der Waals surface area contributed by atoms with E-state index in [4.69, 9.17) is 25.5 Å². The summed E-state index contributed by atoms with van der Waals surface area (Å²) >= 11 is 0. The summed E-state index contributed by atoms with van der Waals surface area (Å²) in [6.07, 6.45) is 0.0125. The maximum atomic E-state index is 15.8. The third-order valence-corrected chi connectivity index (χ3v) is 7.89. The van der Waals surface area contributed by atoms with Gasteiger partial charge in [-0.1, -0.05) is 6.07 Å². The Morgan fingerprint density at radius 2 is 2.18 bits per heavy atom. The number of hydrogen-bond donors (Lipinski definition) is 5. The fourth-order valence-corrected chi connectivity index (χ4v) is 5.68. The van der Waals surface area contributed by atoms with Gasteiger partial charge in [-0.3, -0.25) is 18.9 Å². The van der Waals surface area contributed by atoms with Crippen molar-refractivity contribution >= 4 is 36.6 Å². The predicted molar refractivity (Wildman–Crippen MR) is 137 cm³/mol. The summed E-state index contributed by atoms with van der Waals surface area (Å²) < 4.78 is 47.3. The molecule has 0 saturated carbocycles. The fourth-order valence-electron chi connectivity index (χ4n) is 4.06. The molecule has 4 rings (SSSR count). The number of imidazole rings is 1. The van der Waals surface area contributed by atoms with Crippen molar-refractivity contribution in [3.05, 3.63) is 36.4 Å². The predicted octanol–water partition coefficient (Wildman–Crippen LogP) is 0.828. The number of fused-ring (bicyclic) bond motifs is 1. The summed E-state index contributed by atoms with van der Waals surface area (Å²) in [5.41, 5.74) is 10.2. The quantitative estimate of drug-likeness (QED) is 0.160. The Morgan fingerprint density at radius 3 is 2.87 bits per heavy atom. The maximum absolute atomic E-state index is 15.8. The highest BCUT2D eigenvalue weighted by atomic mass is 31.2. The number of nitrogen functional groups attached to an aromatic ring is 2. The van der Waals surface area contributed by atoms with Gasteiger partial charge in [0.1, 0.15) is 23.8 Å². The molecule has 6 atom stereocenters. The van der Waals surface area contributed by atoms with Crippen molar-refractivity contribution in [1.82, 2.24) is 34.7 Å². The third kappa shape index (κ3) is 6.16. The van der Waals surface area contributed by atoms with Gasteiger partial charge in [0.25, 0.3) is 0 Å². The summed E-state index contributed by atoms with van der Waals surface area (Å²) in [6.45, 7) is 3.92. The molecule has 3 aromatic rings. The average Bonchev–Trinajstić information content (AvgIpc) is 3.40. The summed E-state index contributed by atoms with van der Waals surface area (Å²) in [6, 6.07) is 2.44. The number of rotatable bonds is 11. The molecular weight excluding hydrogens is 536 g/mol. The van der Waals surface area contributed by atoms with Crippen LogP contribution in [0.15, 0.2) is 30.9 Å². The van der Waals surface area contributed by atoms with Crippen LogP contribution in [0, 0.1) is 0 Å². The van der Waals surface area contributed by atoms with Crippen LogP contribution in [0.1, 0.15) is 32.6 Å². The number of nitrogens with one attached hydrogen (secondary N) is 2. The summed E-state index contributed by atoms with van der Waals surface area (Å²) in [4.78, 5) is 28.2. The topological polar surface area (TPSA) is 215 Å². The normalized spacial score (nSPS) is 25.4. The van der Waals surface area contributed by atoms with Gasteiger partial charge in [-0.2, -0.15) is 9.97 Å². The Bertz CT molecular complexity index is 1360. The van der Waals surface area contributed by atoms with Crippen LogP contribution in [0.3, 0.4) is 0 Å². The first kappa shape index (κ1) is 28.7. The zero-order valence-electron chi connectivity index (χ0n) is 21.5. The number of ether oxygens (including phenoxy) is 2. The summed E-state index contributed by atoms with van der Waals surface area (Å²) in [5.74, 6) is -0.800. The second kappa shape index (κ2) is 11.5. The first-order valence-electron chi connectivity index (χ1n) is 12.1. The van der Waals surface area contributed by atoms with Crippen LogP contribution in [0.25, 0.3) is 11.2 Å². The molecule has 0 aliphatic carbocycles. The number of aliphatic hydroxyl groups is 1. The lowest BCUT2D eigenvalue weighted by atomic mass is 9.98. The van der Waals surface area contributed by atoms with Crippen molar-refractivity contribution in [3.8, 4) is 0 Å². The number of alkyl halides is 1. The van der Waals surface area contributed by atoms with Crippen LogP contribution in [0.2, 0.25) is 0 Å². The number of carbonyl (C=O) groups is 1. The first-order valence-corrected chi connectivity index (χ1v) is 13.7. The van der Waals surface area contributed by atoms with Crippen LogP contribution in [0.5, 0.6) is 0 Å². The molecule has 39 heavy (non-hydrogen) atoms. The fraction of sp³-hybridized carbons (Fsp3) is 0.500. The van der Waals surface area contributed by atoms with Crippen molar-refractivity contribution in [2.45, 2.75) is 57.5 Å². The van der Waals surface area contributed by atoms with E-state index in [9.17, 15) is 14.5 Å². The molecule has 1 fully saturated rings. The summed E-state index contributed by atoms with van der Waals surface area (Å²) in [7, 11) is -3.99. The van der Waals surface area contributed by atoms with Crippen molar-refractivity contribution in [2.24, 2.45) is 0 Å². The van der Waals surface area contributed by atoms with E-state index in [1.807, 2.05) is 0 Å². The van der Waals surface area contributed by atoms with E-state index in [2.05, 4.69) is 30.1 Å². The van der Waals surface area contributed by atoms with E-state index in [-0.39, 0.29) is 36.1 Å². The Labute approximate surface area is 223 Å². The number of aromatic nitrogens is 5. The van der Waals surface area contributed by atoms with Crippen LogP contribution in [-0.2, 0) is 29.9 Å². The minimum atomic E-state index is -3.99. The third-order valence-electron chi connectivity index (χ3n) is 6.07. The van der Waals surface area contributed by atoms with Gasteiger partial charge >= 0.3 is 13.6 Å². The lowest BCUT2D eigenvalue weighted by Gasteiger charge is -2.26. The van der Waals surface area contributed by atoms with Crippen LogP contribution in [0.4, 0.5) is 16.2 Å². The monoisotopic (exact) mass is 567 g/mol. The highest BCUT2D eigenvalue weighted by Crippen LogP contribution is 2.45. The van der Waals surface area contributed by atoms with Gasteiger partial charge in [0.2, 0.25) is 5.95 Å². The number of anilines is 2. The lowest BCUT2D eigenvalue weighted by Crippen LogP contribution is -2.42. The average molecular weight is 568 g/mol. The minimum Gasteiger partial charge on any atom is -0.465 e. The van der Waals surface area contributed by atoms with E-state index in [1.165, 1.54) is 17.8 Å². The zero-order valence-corrected chi connectivity index (χ0v) is 22.4. The highest BCUT2D eigenvalue weighted by Gasteiger charge is 2.56. The molecule has 0 spiro atoms. The zero-order chi connectivity index (χ0) is 28.4. The molecule has 7 N–H and O–H groups in total. The SMILES string of the molecule is CCOC(=O)[C@H](C)NP(=O)(NCc1cccnc1)OC[C@H]1O[C@@H](n2cnc3c(N)nc(N)nc32)[C@@](C)(F)[C@H]1O. The first-order chi connectivity index (χ1) is 18.4. The molecule has 17 heteroatoms. The van der Waals surface area contributed by atoms with E-state index in [0.29, 0.717) is 5.56 Å². The Hall–Kier alpha value is -3.27. The van der Waals surface area contributed by atoms with E-state index >= 15 is 4.39 Å². The van der Waals surface area contributed by atoms with Gasteiger partial charge in [-0.15, -0.1) is 0 Å². The van der Waals surface area contributed by atoms with Crippen molar-refractivity contribution in [3.63, 3.8) is 0 Å². The van der Waals surface area contributed by atoms with Gasteiger partial charge < -0.3 is 30.6 Å². The number of pyridine rings is 1. The molecule has 4 heterocycles. The Kier molecular flexibility index (Phi) is 8.44. The molecule has 1 aliphatic rings. The molecule has 3 aromatic heterocycles. The standard InChI is InChI=1S/C22H31FN9O6P/c1-4-36-19(34)12(2)31-39(35,28-9-13-6-5-7-26-8-13)37-10-14-16(33)22(3,23)20(38-14)32-11-27-15-17(24)29-21(25)30-18(15)32/h5-8,11-12,14,16,20,33H,4,9-10H2,1-3H3,(H2,28,31,35)(H4,24,25,29,30)/t12-,14+,16-,20+,22-,39?/m0/s1. The van der Waals surface area contributed by atoms with Crippen LogP contribution < -0.4 is 21.6 Å². The number of nitrogens with zero attached hydrogens (tertiary/aromatic N) is 5. The molecule has 15 nitrogen and oxygen atoms in total. The molecule has 212 valence electrons. The van der Waals surface area contributed by atoms with E-state index < -0.39 is 50.4 Å². The van der Waals surface area contributed by atoms with Gasteiger partial charge in [0.05, 0.1) is 19.5 Å². The number of esters is 1. The molecule has 0 radical (unpaired) electrons. The number of carbonyl (C=O) groups excluding carboxylic acids is 1. The molecule has 1 aliphatic heterocycles. The second-order valence-electron chi connectivity index (χ2n) is 9.06. The van der Waals surface area contributed by atoms with Gasteiger partial charge in [0, 0.05) is 18.9 Å². The number of halogens is 1. The molecule has 1 saturated heterocycles. The Morgan fingerprint density at radius 1 is 1.41 bits per heavy atom. The number of aliphatic hydroxyl groups excluding tert-OH is 1. The maximum Gasteiger partial charge on any atom is 0.341 e. The van der Waals surface area contributed by atoms with Gasteiger partial charge in [-0.25, -0.2) is 19.5 Å². The van der Waals surface area contributed by atoms with Gasteiger partial charge in [0.15, 0.2) is 23.4 Å². The van der Waals surface area contributed by atoms with Crippen molar-refractivity contribution < 1.29 is 32.9 Å². The van der Waals surface area contributed by atoms with Crippen LogP contribution in [-0.4, -0.2) is 72.7 Å². The van der Waals surface area contributed by atoms with Crippen molar-refractivity contribution in [2.75, 3.05) is 24.7 Å². The lowest BCUT2D eigenvalue weighted by molar-refractivity contribution is -0.144. The van der Waals surface area contributed by atoms with Crippen LogP contribution >= 0.6 is 7.67 Å². The minimum absolute atomic E-state index is 0.00216. The molecule has 1 unspecified atom stereocenters. The van der Waals surface area contributed by atoms with E-state index in [0.717, 1.165) is 6.92 Å². The Balaban J connectivity index is 1.53.